The Morgan fingerprint density at radius 2 is 1.97 bits per heavy atom. The minimum absolute atomic E-state index is 0.0211. The van der Waals surface area contributed by atoms with Crippen LogP contribution in [0.2, 0.25) is 0 Å². The number of rotatable bonds is 4. The molecule has 2 amide bonds. The summed E-state index contributed by atoms with van der Waals surface area (Å²) in [5.41, 5.74) is 2.56. The number of aromatic nitrogens is 1. The summed E-state index contributed by atoms with van der Waals surface area (Å²) >= 11 is 0. The first-order valence-electron chi connectivity index (χ1n) is 9.84. The molecule has 1 aromatic heterocycles. The van der Waals surface area contributed by atoms with Crippen LogP contribution in [0.15, 0.2) is 71.7 Å². The molecular weight excluding hydrogens is 366 g/mol. The molecule has 2 aliphatic heterocycles. The van der Waals surface area contributed by atoms with Crippen molar-refractivity contribution in [1.29, 1.82) is 0 Å². The van der Waals surface area contributed by atoms with Crippen LogP contribution >= 0.6 is 0 Å². The first-order valence-corrected chi connectivity index (χ1v) is 9.84. The van der Waals surface area contributed by atoms with Crippen molar-refractivity contribution in [2.45, 2.75) is 30.7 Å². The number of oxazole rings is 1. The van der Waals surface area contributed by atoms with Gasteiger partial charge in [0, 0.05) is 12.2 Å². The van der Waals surface area contributed by atoms with Crippen molar-refractivity contribution in [2.24, 2.45) is 0 Å². The molecule has 3 heterocycles. The second-order valence-corrected chi connectivity index (χ2v) is 7.63. The van der Waals surface area contributed by atoms with Gasteiger partial charge in [-0.05, 0) is 36.5 Å². The van der Waals surface area contributed by atoms with E-state index in [-0.39, 0.29) is 23.6 Å². The SMILES string of the molecule is O=C(c1cocn1)N1CC[C@]2(C(=O)Nc3ccccc32)[C@@H]1CCc1ccccc1. The van der Waals surface area contributed by atoms with Gasteiger partial charge in [0.2, 0.25) is 5.91 Å². The van der Waals surface area contributed by atoms with Crippen LogP contribution in [0.3, 0.4) is 0 Å². The molecule has 29 heavy (non-hydrogen) atoms. The number of para-hydroxylation sites is 1. The number of carbonyl (C=O) groups excluding carboxylic acids is 2. The zero-order chi connectivity index (χ0) is 19.8. The van der Waals surface area contributed by atoms with E-state index in [4.69, 9.17) is 4.42 Å². The highest BCUT2D eigenvalue weighted by atomic mass is 16.3. The first kappa shape index (κ1) is 17.7. The minimum Gasteiger partial charge on any atom is -0.451 e. The summed E-state index contributed by atoms with van der Waals surface area (Å²) in [6.07, 6.45) is 4.69. The Hall–Kier alpha value is -3.41. The zero-order valence-corrected chi connectivity index (χ0v) is 15.9. The van der Waals surface area contributed by atoms with Gasteiger partial charge in [0.1, 0.15) is 6.26 Å². The average Bonchev–Trinajstić information content (AvgIpc) is 3.47. The van der Waals surface area contributed by atoms with Gasteiger partial charge in [-0.25, -0.2) is 4.98 Å². The number of benzene rings is 2. The van der Waals surface area contributed by atoms with Crippen LogP contribution in [0.1, 0.15) is 34.5 Å². The van der Waals surface area contributed by atoms with E-state index in [9.17, 15) is 9.59 Å². The molecule has 146 valence electrons. The van der Waals surface area contributed by atoms with Crippen LogP contribution in [0.4, 0.5) is 5.69 Å². The molecule has 2 aliphatic rings. The molecule has 1 fully saturated rings. The van der Waals surface area contributed by atoms with Crippen LogP contribution in [0, 0.1) is 0 Å². The summed E-state index contributed by atoms with van der Waals surface area (Å²) in [5, 5.41) is 3.04. The predicted octanol–water partition coefficient (Wildman–Crippen LogP) is 3.41. The van der Waals surface area contributed by atoms with Gasteiger partial charge in [-0.15, -0.1) is 0 Å². The van der Waals surface area contributed by atoms with E-state index >= 15 is 0 Å². The molecule has 1 spiro atoms. The number of fused-ring (bicyclic) bond motifs is 2. The molecule has 2 atom stereocenters. The monoisotopic (exact) mass is 387 g/mol. The molecule has 2 aromatic carbocycles. The Balaban J connectivity index is 1.54. The quantitative estimate of drug-likeness (QED) is 0.744. The number of nitrogens with zero attached hydrogens (tertiary/aromatic N) is 2. The maximum atomic E-state index is 13.2. The fourth-order valence-electron chi connectivity index (χ4n) is 4.86. The lowest BCUT2D eigenvalue weighted by Crippen LogP contribution is -2.49. The Morgan fingerprint density at radius 3 is 2.76 bits per heavy atom. The van der Waals surface area contributed by atoms with E-state index in [0.717, 1.165) is 17.7 Å². The van der Waals surface area contributed by atoms with Crippen molar-refractivity contribution in [1.82, 2.24) is 9.88 Å². The normalized spacial score (nSPS) is 22.7. The third kappa shape index (κ3) is 2.75. The first-order chi connectivity index (χ1) is 14.2. The second kappa shape index (κ2) is 6.88. The van der Waals surface area contributed by atoms with Crippen molar-refractivity contribution < 1.29 is 14.0 Å². The highest BCUT2D eigenvalue weighted by molar-refractivity contribution is 6.08. The standard InChI is InChI=1S/C23H21N3O3/c27-21(19-14-29-15-24-19)26-13-12-23(17-8-4-5-9-18(17)25-22(23)28)20(26)11-10-16-6-2-1-3-7-16/h1-9,14-15,20H,10-13H2,(H,25,28)/t20-,23+/m0/s1. The van der Waals surface area contributed by atoms with Gasteiger partial charge in [-0.1, -0.05) is 48.5 Å². The third-order valence-corrected chi connectivity index (χ3v) is 6.21. The van der Waals surface area contributed by atoms with Gasteiger partial charge in [0.05, 0.1) is 11.5 Å². The second-order valence-electron chi connectivity index (χ2n) is 7.63. The Bertz CT molecular complexity index is 1050. The van der Waals surface area contributed by atoms with Gasteiger partial charge < -0.3 is 14.6 Å². The maximum Gasteiger partial charge on any atom is 0.276 e. The van der Waals surface area contributed by atoms with Crippen molar-refractivity contribution in [3.05, 3.63) is 84.1 Å². The predicted molar refractivity (Wildman–Crippen MR) is 107 cm³/mol. The van der Waals surface area contributed by atoms with Gasteiger partial charge in [0.25, 0.3) is 5.91 Å². The average molecular weight is 387 g/mol. The topological polar surface area (TPSA) is 75.4 Å². The number of nitrogens with one attached hydrogen (secondary N) is 1. The molecular formula is C23H21N3O3. The summed E-state index contributed by atoms with van der Waals surface area (Å²) in [5.74, 6) is -0.210. The van der Waals surface area contributed by atoms with E-state index in [1.807, 2.05) is 47.4 Å². The Morgan fingerprint density at radius 1 is 1.17 bits per heavy atom. The summed E-state index contributed by atoms with van der Waals surface area (Å²) in [7, 11) is 0. The van der Waals surface area contributed by atoms with Gasteiger partial charge in [-0.3, -0.25) is 9.59 Å². The summed E-state index contributed by atoms with van der Waals surface area (Å²) in [6, 6.07) is 17.7. The molecule has 0 bridgehead atoms. The van der Waals surface area contributed by atoms with Crippen LogP contribution < -0.4 is 5.32 Å². The lowest BCUT2D eigenvalue weighted by molar-refractivity contribution is -0.121. The lowest BCUT2D eigenvalue weighted by atomic mass is 9.73. The van der Waals surface area contributed by atoms with Gasteiger partial charge in [-0.2, -0.15) is 0 Å². The lowest BCUT2D eigenvalue weighted by Gasteiger charge is -2.34. The van der Waals surface area contributed by atoms with Gasteiger partial charge in [0.15, 0.2) is 12.1 Å². The molecule has 0 aliphatic carbocycles. The van der Waals surface area contributed by atoms with Crippen molar-refractivity contribution in [3.8, 4) is 0 Å². The minimum atomic E-state index is -0.731. The van der Waals surface area contributed by atoms with Crippen LogP contribution in [0.5, 0.6) is 0 Å². The summed E-state index contributed by atoms with van der Waals surface area (Å²) in [6.45, 7) is 0.507. The number of likely N-dealkylation sites (tertiary alicyclic amines) is 1. The molecule has 5 rings (SSSR count). The van der Waals surface area contributed by atoms with E-state index < -0.39 is 5.41 Å². The number of anilines is 1. The summed E-state index contributed by atoms with van der Waals surface area (Å²) in [4.78, 5) is 32.3. The maximum absolute atomic E-state index is 13.2. The zero-order valence-electron chi connectivity index (χ0n) is 15.9. The van der Waals surface area contributed by atoms with Crippen LogP contribution in [-0.4, -0.2) is 34.3 Å². The summed E-state index contributed by atoms with van der Waals surface area (Å²) < 4.78 is 5.02. The molecule has 1 N–H and O–H groups in total. The molecule has 0 radical (unpaired) electrons. The number of amides is 2. The molecule has 6 nitrogen and oxygen atoms in total. The molecule has 0 unspecified atom stereocenters. The fraction of sp³-hybridized carbons (Fsp3) is 0.261. The van der Waals surface area contributed by atoms with E-state index in [1.54, 1.807) is 0 Å². The Labute approximate surface area is 168 Å². The van der Waals surface area contributed by atoms with Gasteiger partial charge >= 0.3 is 0 Å². The molecule has 0 saturated carbocycles. The molecule has 1 saturated heterocycles. The van der Waals surface area contributed by atoms with E-state index in [0.29, 0.717) is 19.4 Å². The van der Waals surface area contributed by atoms with E-state index in [1.165, 1.54) is 18.2 Å². The number of carbonyl (C=O) groups is 2. The highest BCUT2D eigenvalue weighted by Crippen LogP contribution is 2.49. The van der Waals surface area contributed by atoms with E-state index in [2.05, 4.69) is 22.4 Å². The molecule has 6 heteroatoms. The van der Waals surface area contributed by atoms with Crippen molar-refractivity contribution in [3.63, 3.8) is 0 Å². The largest absolute Gasteiger partial charge is 0.451 e. The molecule has 3 aromatic rings. The van der Waals surface area contributed by atoms with Crippen molar-refractivity contribution >= 4 is 17.5 Å². The third-order valence-electron chi connectivity index (χ3n) is 6.21. The van der Waals surface area contributed by atoms with Crippen LogP contribution in [-0.2, 0) is 16.6 Å². The van der Waals surface area contributed by atoms with Crippen LogP contribution in [0.25, 0.3) is 0 Å². The highest BCUT2D eigenvalue weighted by Gasteiger charge is 2.58. The number of aryl methyl sites for hydroxylation is 1. The fourth-order valence-corrected chi connectivity index (χ4v) is 4.86. The number of hydrogen-bond donors (Lipinski definition) is 1. The number of hydrogen-bond acceptors (Lipinski definition) is 4. The smallest absolute Gasteiger partial charge is 0.276 e. The Kier molecular flexibility index (Phi) is 4.19. The van der Waals surface area contributed by atoms with Crippen molar-refractivity contribution in [2.75, 3.05) is 11.9 Å².